The lowest BCUT2D eigenvalue weighted by molar-refractivity contribution is 0.379. The molecule has 2 aromatic rings. The van der Waals surface area contributed by atoms with Gasteiger partial charge >= 0.3 is 0 Å². The summed E-state index contributed by atoms with van der Waals surface area (Å²) in [6.45, 7) is 4.93. The molecule has 23 heavy (non-hydrogen) atoms. The largest absolute Gasteiger partial charge is 0.356 e. The second-order valence-corrected chi connectivity index (χ2v) is 6.85. The van der Waals surface area contributed by atoms with Crippen LogP contribution < -0.4 is 5.32 Å². The van der Waals surface area contributed by atoms with Crippen molar-refractivity contribution in [2.45, 2.75) is 26.3 Å². The molecule has 0 saturated heterocycles. The van der Waals surface area contributed by atoms with Gasteiger partial charge in [0.2, 0.25) is 0 Å². The van der Waals surface area contributed by atoms with Crippen LogP contribution in [0.2, 0.25) is 0 Å². The molecule has 124 valence electrons. The van der Waals surface area contributed by atoms with Crippen molar-refractivity contribution in [3.05, 3.63) is 51.5 Å². The van der Waals surface area contributed by atoms with Gasteiger partial charge < -0.3 is 10.2 Å². The number of nitrogens with zero attached hydrogens (tertiary/aromatic N) is 3. The van der Waals surface area contributed by atoms with Crippen molar-refractivity contribution < 1.29 is 0 Å². The molecule has 1 aliphatic heterocycles. The quantitative estimate of drug-likeness (QED) is 0.451. The Labute approximate surface area is 159 Å². The molecule has 0 radical (unpaired) electrons. The van der Waals surface area contributed by atoms with Crippen molar-refractivity contribution >= 4 is 41.3 Å². The van der Waals surface area contributed by atoms with Gasteiger partial charge in [-0.1, -0.05) is 24.3 Å². The lowest BCUT2D eigenvalue weighted by atomic mass is 10.0. The summed E-state index contributed by atoms with van der Waals surface area (Å²) in [5.74, 6) is 0.989. The highest BCUT2D eigenvalue weighted by Crippen LogP contribution is 2.18. The molecule has 0 aliphatic carbocycles. The molecule has 3 rings (SSSR count). The van der Waals surface area contributed by atoms with Crippen molar-refractivity contribution in [3.8, 4) is 0 Å². The minimum absolute atomic E-state index is 0. The van der Waals surface area contributed by atoms with E-state index in [0.29, 0.717) is 0 Å². The molecular weight excluding hydrogens is 419 g/mol. The van der Waals surface area contributed by atoms with Gasteiger partial charge in [0, 0.05) is 44.2 Å². The van der Waals surface area contributed by atoms with Crippen molar-refractivity contribution in [2.24, 2.45) is 4.99 Å². The zero-order valence-corrected chi connectivity index (χ0v) is 16.7. The number of thiazole rings is 1. The Balaban J connectivity index is 0.00000192. The van der Waals surface area contributed by atoms with Crippen LogP contribution in [-0.4, -0.2) is 36.0 Å². The first-order chi connectivity index (χ1) is 10.8. The van der Waals surface area contributed by atoms with Crippen molar-refractivity contribution in [2.75, 3.05) is 20.1 Å². The third-order valence-corrected chi connectivity index (χ3v) is 4.91. The molecule has 0 fully saturated rings. The maximum absolute atomic E-state index is 4.44. The van der Waals surface area contributed by atoms with Crippen LogP contribution in [0.4, 0.5) is 0 Å². The van der Waals surface area contributed by atoms with Gasteiger partial charge in [-0.15, -0.1) is 35.3 Å². The summed E-state index contributed by atoms with van der Waals surface area (Å²) in [7, 11) is 1.86. The Bertz CT molecular complexity index is 668. The topological polar surface area (TPSA) is 40.5 Å². The Morgan fingerprint density at radius 2 is 2.13 bits per heavy atom. The fraction of sp³-hybridized carbons (Fsp3) is 0.412. The van der Waals surface area contributed by atoms with Crippen LogP contribution in [0, 0.1) is 6.92 Å². The van der Waals surface area contributed by atoms with Gasteiger partial charge in [0.1, 0.15) is 0 Å². The summed E-state index contributed by atoms with van der Waals surface area (Å²) in [5, 5.41) is 4.65. The van der Waals surface area contributed by atoms with Gasteiger partial charge in [0.05, 0.1) is 5.01 Å². The number of benzene rings is 1. The first kappa shape index (κ1) is 18.2. The van der Waals surface area contributed by atoms with Gasteiger partial charge in [-0.2, -0.15) is 0 Å². The highest BCUT2D eigenvalue weighted by Gasteiger charge is 2.18. The van der Waals surface area contributed by atoms with Crippen LogP contribution in [0.25, 0.3) is 0 Å². The zero-order valence-electron chi connectivity index (χ0n) is 13.6. The predicted octanol–water partition coefficient (Wildman–Crippen LogP) is 3.25. The number of nitrogens with one attached hydrogen (secondary N) is 1. The molecule has 4 nitrogen and oxygen atoms in total. The molecule has 1 aliphatic rings. The monoisotopic (exact) mass is 442 g/mol. The Kier molecular flexibility index (Phi) is 6.83. The van der Waals surface area contributed by atoms with Gasteiger partial charge in [-0.25, -0.2) is 4.98 Å². The molecule has 1 N–H and O–H groups in total. The maximum Gasteiger partial charge on any atom is 0.193 e. The summed E-state index contributed by atoms with van der Waals surface area (Å²) in [5.41, 5.74) is 2.87. The second-order valence-electron chi connectivity index (χ2n) is 5.53. The van der Waals surface area contributed by atoms with Crippen LogP contribution >= 0.6 is 35.3 Å². The number of halogens is 1. The van der Waals surface area contributed by atoms with Gasteiger partial charge in [0.15, 0.2) is 5.96 Å². The summed E-state index contributed by atoms with van der Waals surface area (Å²) in [6.07, 6.45) is 3.97. The average Bonchev–Trinajstić information content (AvgIpc) is 2.96. The minimum Gasteiger partial charge on any atom is -0.356 e. The summed E-state index contributed by atoms with van der Waals surface area (Å²) >= 11 is 1.77. The van der Waals surface area contributed by atoms with E-state index in [2.05, 4.69) is 51.4 Å². The lowest BCUT2D eigenvalue weighted by Gasteiger charge is -2.31. The normalized spacial score (nSPS) is 14.2. The molecule has 0 unspecified atom stereocenters. The van der Waals surface area contributed by atoms with E-state index in [0.717, 1.165) is 38.4 Å². The van der Waals surface area contributed by atoms with Gasteiger partial charge in [-0.3, -0.25) is 4.99 Å². The molecule has 0 spiro atoms. The second kappa shape index (κ2) is 8.63. The molecule has 0 atom stereocenters. The van der Waals surface area contributed by atoms with E-state index in [-0.39, 0.29) is 24.0 Å². The fourth-order valence-corrected chi connectivity index (χ4v) is 3.59. The van der Waals surface area contributed by atoms with E-state index in [1.54, 1.807) is 11.3 Å². The smallest absolute Gasteiger partial charge is 0.193 e. The standard InChI is InChI=1S/C17H22N4S.HI/c1-13-11-20-16(22-13)7-9-19-17(18-2)21-10-8-14-5-3-4-6-15(14)12-21;/h3-6,11H,7-10,12H2,1-2H3,(H,18,19);1H. The first-order valence-corrected chi connectivity index (χ1v) is 8.51. The third-order valence-electron chi connectivity index (χ3n) is 3.93. The predicted molar refractivity (Wildman–Crippen MR) is 108 cm³/mol. The number of fused-ring (bicyclic) bond motifs is 1. The zero-order chi connectivity index (χ0) is 15.4. The fourth-order valence-electron chi connectivity index (χ4n) is 2.81. The molecule has 0 saturated carbocycles. The van der Waals surface area contributed by atoms with E-state index in [9.17, 15) is 0 Å². The van der Waals surface area contributed by atoms with Gasteiger partial charge in [0.25, 0.3) is 0 Å². The van der Waals surface area contributed by atoms with Crippen LogP contribution in [0.3, 0.4) is 0 Å². The number of hydrogen-bond donors (Lipinski definition) is 1. The van der Waals surface area contributed by atoms with Crippen LogP contribution in [0.15, 0.2) is 35.5 Å². The van der Waals surface area contributed by atoms with Crippen LogP contribution in [-0.2, 0) is 19.4 Å². The Morgan fingerprint density at radius 3 is 2.83 bits per heavy atom. The first-order valence-electron chi connectivity index (χ1n) is 7.70. The number of guanidine groups is 1. The number of hydrogen-bond acceptors (Lipinski definition) is 3. The third kappa shape index (κ3) is 4.67. The van der Waals surface area contributed by atoms with Crippen molar-refractivity contribution in [1.29, 1.82) is 0 Å². The van der Waals surface area contributed by atoms with E-state index in [4.69, 9.17) is 0 Å². The number of aromatic nitrogens is 1. The lowest BCUT2D eigenvalue weighted by Crippen LogP contribution is -2.44. The number of aryl methyl sites for hydroxylation is 1. The minimum atomic E-state index is 0. The van der Waals surface area contributed by atoms with Crippen LogP contribution in [0.5, 0.6) is 0 Å². The maximum atomic E-state index is 4.44. The molecule has 1 aromatic heterocycles. The summed E-state index contributed by atoms with van der Waals surface area (Å²) < 4.78 is 0. The molecule has 2 heterocycles. The van der Waals surface area contributed by atoms with E-state index in [1.807, 2.05) is 13.2 Å². The highest BCUT2D eigenvalue weighted by molar-refractivity contribution is 14.0. The molecule has 6 heteroatoms. The summed E-state index contributed by atoms with van der Waals surface area (Å²) in [4.78, 5) is 12.4. The average molecular weight is 442 g/mol. The van der Waals surface area contributed by atoms with E-state index < -0.39 is 0 Å². The molecular formula is C17H23IN4S. The van der Waals surface area contributed by atoms with Crippen molar-refractivity contribution in [3.63, 3.8) is 0 Å². The van der Waals surface area contributed by atoms with Crippen LogP contribution in [0.1, 0.15) is 21.0 Å². The molecule has 0 amide bonds. The highest BCUT2D eigenvalue weighted by atomic mass is 127. The van der Waals surface area contributed by atoms with Crippen molar-refractivity contribution in [1.82, 2.24) is 15.2 Å². The number of aliphatic imine (C=N–C) groups is 1. The molecule has 1 aromatic carbocycles. The summed E-state index contributed by atoms with van der Waals surface area (Å²) in [6, 6.07) is 8.68. The van der Waals surface area contributed by atoms with E-state index in [1.165, 1.54) is 21.0 Å². The Hall–Kier alpha value is -1.15. The SMILES string of the molecule is CN=C(NCCc1ncc(C)s1)N1CCc2ccccc2C1.I. The number of rotatable bonds is 3. The van der Waals surface area contributed by atoms with Gasteiger partial charge in [-0.05, 0) is 24.5 Å². The Morgan fingerprint density at radius 1 is 1.35 bits per heavy atom. The molecule has 0 bridgehead atoms. The van der Waals surface area contributed by atoms with E-state index >= 15 is 0 Å².